The van der Waals surface area contributed by atoms with Gasteiger partial charge in [0.2, 0.25) is 5.91 Å². The normalized spacial score (nSPS) is 17.3. The van der Waals surface area contributed by atoms with Gasteiger partial charge in [-0.3, -0.25) is 9.59 Å². The van der Waals surface area contributed by atoms with E-state index in [1.165, 1.54) is 11.0 Å². The number of carbonyl (C=O) groups is 2. The van der Waals surface area contributed by atoms with Crippen LogP contribution in [0.25, 0.3) is 11.0 Å². The summed E-state index contributed by atoms with van der Waals surface area (Å²) < 4.78 is 10.8. The molecule has 7 nitrogen and oxygen atoms in total. The first-order valence-corrected chi connectivity index (χ1v) is 8.78. The molecule has 0 bridgehead atoms. The number of nitrogens with two attached hydrogens (primary N) is 1. The average Bonchev–Trinajstić information content (AvgIpc) is 2.64. The Hall–Kier alpha value is -2.83. The van der Waals surface area contributed by atoms with Gasteiger partial charge in [-0.15, -0.1) is 0 Å². The van der Waals surface area contributed by atoms with Crippen molar-refractivity contribution in [3.8, 4) is 5.75 Å². The van der Waals surface area contributed by atoms with Gasteiger partial charge in [0.05, 0.1) is 0 Å². The molecule has 1 saturated heterocycles. The SMILES string of the molecule is CCc1cc(=O)oc2cc(OCC(=O)N3CCCCC3C(N)=O)ccc12. The zero-order valence-electron chi connectivity index (χ0n) is 14.7. The zero-order chi connectivity index (χ0) is 18.7. The largest absolute Gasteiger partial charge is 0.484 e. The summed E-state index contributed by atoms with van der Waals surface area (Å²) in [6, 6.07) is 6.06. The number of nitrogens with zero attached hydrogens (tertiary/aromatic N) is 1. The Morgan fingerprint density at radius 2 is 2.12 bits per heavy atom. The molecule has 0 spiro atoms. The maximum atomic E-state index is 12.4. The molecule has 2 aromatic rings. The summed E-state index contributed by atoms with van der Waals surface area (Å²) in [6.07, 6.45) is 3.02. The molecule has 2 N–H and O–H groups in total. The van der Waals surface area contributed by atoms with E-state index in [0.29, 0.717) is 30.7 Å². The molecular formula is C19H22N2O5. The second kappa shape index (κ2) is 7.59. The van der Waals surface area contributed by atoms with Crippen LogP contribution in [0.5, 0.6) is 5.75 Å². The van der Waals surface area contributed by atoms with Gasteiger partial charge in [0.15, 0.2) is 6.61 Å². The van der Waals surface area contributed by atoms with Gasteiger partial charge >= 0.3 is 5.63 Å². The fraction of sp³-hybridized carbons (Fsp3) is 0.421. The van der Waals surface area contributed by atoms with Crippen molar-refractivity contribution in [2.75, 3.05) is 13.2 Å². The van der Waals surface area contributed by atoms with Crippen LogP contribution in [0.1, 0.15) is 31.7 Å². The van der Waals surface area contributed by atoms with Gasteiger partial charge in [-0.1, -0.05) is 6.92 Å². The highest BCUT2D eigenvalue weighted by atomic mass is 16.5. The minimum absolute atomic E-state index is 0.201. The van der Waals surface area contributed by atoms with Crippen molar-refractivity contribution in [1.29, 1.82) is 0 Å². The third-order valence-corrected chi connectivity index (χ3v) is 4.70. The molecule has 0 saturated carbocycles. The fourth-order valence-corrected chi connectivity index (χ4v) is 3.35. The van der Waals surface area contributed by atoms with Crippen molar-refractivity contribution in [1.82, 2.24) is 4.90 Å². The van der Waals surface area contributed by atoms with E-state index in [1.54, 1.807) is 12.1 Å². The maximum absolute atomic E-state index is 12.4. The summed E-state index contributed by atoms with van der Waals surface area (Å²) in [5, 5.41) is 0.843. The summed E-state index contributed by atoms with van der Waals surface area (Å²) >= 11 is 0. The van der Waals surface area contributed by atoms with Crippen LogP contribution in [0.15, 0.2) is 33.5 Å². The van der Waals surface area contributed by atoms with Gasteiger partial charge in [-0.25, -0.2) is 4.79 Å². The predicted octanol–water partition coefficient (Wildman–Crippen LogP) is 1.60. The number of primary amides is 1. The first kappa shape index (κ1) is 18.0. The van der Waals surface area contributed by atoms with E-state index in [-0.39, 0.29) is 12.5 Å². The summed E-state index contributed by atoms with van der Waals surface area (Å²) in [4.78, 5) is 37.1. The summed E-state index contributed by atoms with van der Waals surface area (Å²) in [6.45, 7) is 2.26. The molecular weight excluding hydrogens is 336 g/mol. The Kier molecular flexibility index (Phi) is 5.25. The second-order valence-corrected chi connectivity index (χ2v) is 6.39. The molecule has 0 radical (unpaired) electrons. The molecule has 7 heteroatoms. The minimum atomic E-state index is -0.568. The fourth-order valence-electron chi connectivity index (χ4n) is 3.35. The molecule has 1 unspecified atom stereocenters. The number of carbonyl (C=O) groups excluding carboxylic acids is 2. The van der Waals surface area contributed by atoms with E-state index in [0.717, 1.165) is 23.8 Å². The molecule has 138 valence electrons. The van der Waals surface area contributed by atoms with E-state index >= 15 is 0 Å². The monoisotopic (exact) mass is 358 g/mol. The lowest BCUT2D eigenvalue weighted by Gasteiger charge is -2.33. The molecule has 2 heterocycles. The van der Waals surface area contributed by atoms with Crippen molar-refractivity contribution in [3.63, 3.8) is 0 Å². The molecule has 26 heavy (non-hydrogen) atoms. The van der Waals surface area contributed by atoms with Crippen molar-refractivity contribution in [2.45, 2.75) is 38.6 Å². The number of fused-ring (bicyclic) bond motifs is 1. The Bertz CT molecular complexity index is 889. The van der Waals surface area contributed by atoms with E-state index in [9.17, 15) is 14.4 Å². The Morgan fingerprint density at radius 3 is 2.85 bits per heavy atom. The van der Waals surface area contributed by atoms with Crippen molar-refractivity contribution < 1.29 is 18.7 Å². The van der Waals surface area contributed by atoms with Crippen LogP contribution >= 0.6 is 0 Å². The lowest BCUT2D eigenvalue weighted by atomic mass is 10.0. The highest BCUT2D eigenvalue weighted by Crippen LogP contribution is 2.23. The Balaban J connectivity index is 1.74. The number of rotatable bonds is 5. The number of likely N-dealkylation sites (tertiary alicyclic amines) is 1. The third kappa shape index (κ3) is 3.71. The molecule has 1 atom stereocenters. The van der Waals surface area contributed by atoms with E-state index in [1.807, 2.05) is 13.0 Å². The van der Waals surface area contributed by atoms with E-state index in [4.69, 9.17) is 14.9 Å². The van der Waals surface area contributed by atoms with Gasteiger partial charge in [0, 0.05) is 24.1 Å². The number of amides is 2. The van der Waals surface area contributed by atoms with Crippen molar-refractivity contribution in [3.05, 3.63) is 40.2 Å². The highest BCUT2D eigenvalue weighted by Gasteiger charge is 2.30. The van der Waals surface area contributed by atoms with Gasteiger partial charge in [0.25, 0.3) is 5.91 Å². The highest BCUT2D eigenvalue weighted by molar-refractivity contribution is 5.87. The predicted molar refractivity (Wildman–Crippen MR) is 95.9 cm³/mol. The molecule has 1 fully saturated rings. The number of benzene rings is 1. The molecule has 1 aliphatic rings. The number of aryl methyl sites for hydroxylation is 1. The van der Waals surface area contributed by atoms with Crippen LogP contribution in [0.4, 0.5) is 0 Å². The van der Waals surface area contributed by atoms with Gasteiger partial charge in [0.1, 0.15) is 17.4 Å². The minimum Gasteiger partial charge on any atom is -0.484 e. The van der Waals surface area contributed by atoms with Crippen LogP contribution in [-0.4, -0.2) is 35.9 Å². The molecule has 1 aromatic heterocycles. The Labute approximate surface area is 150 Å². The topological polar surface area (TPSA) is 103 Å². The standard InChI is InChI=1S/C19H22N2O5/c1-2-12-9-18(23)26-16-10-13(6-7-14(12)16)25-11-17(22)21-8-4-3-5-15(21)19(20)24/h6-7,9-10,15H,2-5,8,11H2,1H3,(H2,20,24). The lowest BCUT2D eigenvalue weighted by molar-refractivity contribution is -0.142. The first-order valence-electron chi connectivity index (χ1n) is 8.78. The number of hydrogen-bond donors (Lipinski definition) is 1. The second-order valence-electron chi connectivity index (χ2n) is 6.39. The Morgan fingerprint density at radius 1 is 1.31 bits per heavy atom. The van der Waals surface area contributed by atoms with Crippen LogP contribution in [0.3, 0.4) is 0 Å². The van der Waals surface area contributed by atoms with Crippen molar-refractivity contribution >= 4 is 22.8 Å². The first-order chi connectivity index (χ1) is 12.5. The molecule has 1 aliphatic heterocycles. The van der Waals surface area contributed by atoms with Gasteiger partial charge < -0.3 is 19.8 Å². The summed E-state index contributed by atoms with van der Waals surface area (Å²) in [5.41, 5.74) is 6.30. The smallest absolute Gasteiger partial charge is 0.336 e. The lowest BCUT2D eigenvalue weighted by Crippen LogP contribution is -2.51. The van der Waals surface area contributed by atoms with Crippen LogP contribution in [-0.2, 0) is 16.0 Å². The molecule has 1 aromatic carbocycles. The van der Waals surface area contributed by atoms with Crippen LogP contribution in [0.2, 0.25) is 0 Å². The third-order valence-electron chi connectivity index (χ3n) is 4.70. The number of piperidine rings is 1. The maximum Gasteiger partial charge on any atom is 0.336 e. The molecule has 3 rings (SSSR count). The van der Waals surface area contributed by atoms with Crippen LogP contribution < -0.4 is 16.1 Å². The number of hydrogen-bond acceptors (Lipinski definition) is 5. The average molecular weight is 358 g/mol. The van der Waals surface area contributed by atoms with Crippen molar-refractivity contribution in [2.24, 2.45) is 5.73 Å². The zero-order valence-corrected chi connectivity index (χ0v) is 14.7. The molecule has 2 amide bonds. The summed E-state index contributed by atoms with van der Waals surface area (Å²) in [5.74, 6) is -0.343. The number of ether oxygens (including phenoxy) is 1. The quantitative estimate of drug-likeness (QED) is 0.818. The van der Waals surface area contributed by atoms with Gasteiger partial charge in [-0.05, 0) is 43.4 Å². The van der Waals surface area contributed by atoms with E-state index < -0.39 is 17.6 Å². The van der Waals surface area contributed by atoms with E-state index in [2.05, 4.69) is 0 Å². The molecule has 0 aliphatic carbocycles. The van der Waals surface area contributed by atoms with Gasteiger partial charge in [-0.2, -0.15) is 0 Å². The van der Waals surface area contributed by atoms with Crippen LogP contribution in [0, 0.1) is 0 Å². The summed E-state index contributed by atoms with van der Waals surface area (Å²) in [7, 11) is 0.